The van der Waals surface area contributed by atoms with Crippen LogP contribution >= 0.6 is 0 Å². The minimum atomic E-state index is 0.216. The predicted octanol–water partition coefficient (Wildman–Crippen LogP) is 3.03. The molecule has 0 aliphatic heterocycles. The van der Waals surface area contributed by atoms with Crippen molar-refractivity contribution in [3.63, 3.8) is 0 Å². The van der Waals surface area contributed by atoms with E-state index in [-0.39, 0.29) is 5.92 Å². The molecular weight excluding hydrogens is 210 g/mol. The summed E-state index contributed by atoms with van der Waals surface area (Å²) in [6.45, 7) is 0. The molecule has 0 N–H and O–H groups in total. The quantitative estimate of drug-likeness (QED) is 0.424. The molecule has 0 saturated heterocycles. The summed E-state index contributed by atoms with van der Waals surface area (Å²) in [6, 6.07) is 9.49. The summed E-state index contributed by atoms with van der Waals surface area (Å²) in [5.41, 5.74) is 1.75. The van der Waals surface area contributed by atoms with Crippen LogP contribution in [0.15, 0.2) is 24.3 Å². The van der Waals surface area contributed by atoms with Crippen molar-refractivity contribution in [2.75, 3.05) is 0 Å². The van der Waals surface area contributed by atoms with Crippen LogP contribution in [-0.2, 0) is 4.79 Å². The summed E-state index contributed by atoms with van der Waals surface area (Å²) in [7, 11) is 0. The van der Waals surface area contributed by atoms with Gasteiger partial charge in [-0.05, 0) is 36.5 Å². The lowest BCUT2D eigenvalue weighted by molar-refractivity contribution is -0.108. The van der Waals surface area contributed by atoms with E-state index in [1.54, 1.807) is 12.1 Å². The molecule has 0 fully saturated rings. The zero-order valence-electron chi connectivity index (χ0n) is 9.73. The number of hydrogen-bond acceptors (Lipinski definition) is 2. The highest BCUT2D eigenvalue weighted by atomic mass is 16.1. The van der Waals surface area contributed by atoms with Crippen molar-refractivity contribution in [1.29, 1.82) is 5.26 Å². The van der Waals surface area contributed by atoms with Crippen molar-refractivity contribution in [3.05, 3.63) is 35.4 Å². The molecule has 0 radical (unpaired) electrons. The molecule has 0 heterocycles. The minimum Gasteiger partial charge on any atom is -0.303 e. The Morgan fingerprint density at radius 3 is 2.59 bits per heavy atom. The first-order chi connectivity index (χ1) is 8.31. The highest BCUT2D eigenvalue weighted by molar-refractivity contribution is 5.51. The number of rotatable bonds is 6. The number of hydrogen-bond donors (Lipinski definition) is 0. The van der Waals surface area contributed by atoms with Gasteiger partial charge in [-0.25, -0.2) is 0 Å². The molecular formula is C15H15NO. The fraction of sp³-hybridized carbons (Fsp3) is 0.333. The molecule has 0 spiro atoms. The van der Waals surface area contributed by atoms with Crippen LogP contribution in [0.2, 0.25) is 0 Å². The molecule has 1 atom stereocenters. The van der Waals surface area contributed by atoms with Gasteiger partial charge in [-0.15, -0.1) is 12.3 Å². The van der Waals surface area contributed by atoms with Crippen molar-refractivity contribution in [1.82, 2.24) is 0 Å². The van der Waals surface area contributed by atoms with Gasteiger partial charge in [0.25, 0.3) is 0 Å². The predicted molar refractivity (Wildman–Crippen MR) is 67.3 cm³/mol. The van der Waals surface area contributed by atoms with E-state index in [1.165, 1.54) is 0 Å². The second-order valence-corrected chi connectivity index (χ2v) is 3.93. The van der Waals surface area contributed by atoms with Crippen LogP contribution in [0.4, 0.5) is 0 Å². The second kappa shape index (κ2) is 7.25. The molecule has 2 heteroatoms. The third-order valence-corrected chi connectivity index (χ3v) is 2.77. The molecule has 86 valence electrons. The van der Waals surface area contributed by atoms with Gasteiger partial charge < -0.3 is 4.79 Å². The molecule has 17 heavy (non-hydrogen) atoms. The van der Waals surface area contributed by atoms with Crippen LogP contribution in [-0.4, -0.2) is 6.29 Å². The van der Waals surface area contributed by atoms with Gasteiger partial charge in [0.1, 0.15) is 6.29 Å². The number of aldehydes is 1. The Hall–Kier alpha value is -2.06. The summed E-state index contributed by atoms with van der Waals surface area (Å²) in [6.07, 6.45) is 9.24. The third kappa shape index (κ3) is 4.13. The van der Waals surface area contributed by atoms with E-state index in [0.717, 1.165) is 31.1 Å². The minimum absolute atomic E-state index is 0.216. The van der Waals surface area contributed by atoms with Crippen molar-refractivity contribution in [3.8, 4) is 18.4 Å². The van der Waals surface area contributed by atoms with Crippen molar-refractivity contribution < 1.29 is 4.79 Å². The fourth-order valence-corrected chi connectivity index (χ4v) is 1.82. The van der Waals surface area contributed by atoms with Gasteiger partial charge in [0.15, 0.2) is 0 Å². The number of unbranched alkanes of at least 4 members (excludes halogenated alkanes) is 1. The van der Waals surface area contributed by atoms with E-state index in [2.05, 4.69) is 12.0 Å². The van der Waals surface area contributed by atoms with Crippen LogP contribution in [0.1, 0.15) is 42.7 Å². The number of nitriles is 1. The standard InChI is InChI=1S/C15H15NO/c1-2-3-4-5-14(10-11-17)15-8-6-13(12-16)7-9-15/h1,6-9,11,14H,3-5,10H2. The maximum Gasteiger partial charge on any atom is 0.120 e. The summed E-state index contributed by atoms with van der Waals surface area (Å²) in [4.78, 5) is 10.7. The van der Waals surface area contributed by atoms with Gasteiger partial charge >= 0.3 is 0 Å². The molecule has 0 bridgehead atoms. The fourth-order valence-electron chi connectivity index (χ4n) is 1.82. The Bertz CT molecular complexity index is 433. The van der Waals surface area contributed by atoms with E-state index < -0.39 is 0 Å². The van der Waals surface area contributed by atoms with Crippen molar-refractivity contribution in [2.45, 2.75) is 31.6 Å². The van der Waals surface area contributed by atoms with Crippen molar-refractivity contribution >= 4 is 6.29 Å². The number of nitrogens with zero attached hydrogens (tertiary/aromatic N) is 1. The van der Waals surface area contributed by atoms with Gasteiger partial charge in [-0.2, -0.15) is 5.26 Å². The average Bonchev–Trinajstić information content (AvgIpc) is 2.38. The second-order valence-electron chi connectivity index (χ2n) is 3.93. The van der Waals surface area contributed by atoms with Gasteiger partial charge in [0, 0.05) is 12.8 Å². The average molecular weight is 225 g/mol. The third-order valence-electron chi connectivity index (χ3n) is 2.77. The lowest BCUT2D eigenvalue weighted by Gasteiger charge is -2.13. The van der Waals surface area contributed by atoms with Gasteiger partial charge in [0.2, 0.25) is 0 Å². The summed E-state index contributed by atoms with van der Waals surface area (Å²) < 4.78 is 0. The summed E-state index contributed by atoms with van der Waals surface area (Å²) in [5, 5.41) is 8.72. The Labute approximate surface area is 102 Å². The monoisotopic (exact) mass is 225 g/mol. The van der Waals surface area contributed by atoms with Crippen LogP contribution < -0.4 is 0 Å². The smallest absolute Gasteiger partial charge is 0.120 e. The van der Waals surface area contributed by atoms with E-state index in [4.69, 9.17) is 11.7 Å². The maximum absolute atomic E-state index is 10.7. The first-order valence-corrected chi connectivity index (χ1v) is 5.69. The Morgan fingerprint density at radius 1 is 1.35 bits per heavy atom. The maximum atomic E-state index is 10.7. The lowest BCUT2D eigenvalue weighted by atomic mass is 9.90. The molecule has 1 rings (SSSR count). The molecule has 2 nitrogen and oxygen atoms in total. The van der Waals surface area contributed by atoms with Crippen LogP contribution in [0.25, 0.3) is 0 Å². The van der Waals surface area contributed by atoms with E-state index in [1.807, 2.05) is 12.1 Å². The first kappa shape index (κ1) is 13.0. The van der Waals surface area contributed by atoms with Gasteiger partial charge in [-0.3, -0.25) is 0 Å². The van der Waals surface area contributed by atoms with Gasteiger partial charge in [0.05, 0.1) is 11.6 Å². The number of terminal acetylenes is 1. The van der Waals surface area contributed by atoms with Gasteiger partial charge in [-0.1, -0.05) is 12.1 Å². The lowest BCUT2D eigenvalue weighted by Crippen LogP contribution is -2.00. The molecule has 1 unspecified atom stereocenters. The molecule has 1 aromatic rings. The van der Waals surface area contributed by atoms with E-state index in [9.17, 15) is 4.79 Å². The summed E-state index contributed by atoms with van der Waals surface area (Å²) in [5.74, 6) is 2.82. The Balaban J connectivity index is 2.71. The number of benzene rings is 1. The molecule has 0 saturated carbocycles. The molecule has 0 aliphatic rings. The number of carbonyl (C=O) groups is 1. The van der Waals surface area contributed by atoms with E-state index in [0.29, 0.717) is 12.0 Å². The SMILES string of the molecule is C#CCCCC(CC=O)c1ccc(C#N)cc1. The zero-order chi connectivity index (χ0) is 12.5. The molecule has 1 aromatic carbocycles. The Kier molecular flexibility index (Phi) is 5.55. The highest BCUT2D eigenvalue weighted by Crippen LogP contribution is 2.24. The molecule has 0 amide bonds. The normalized spacial score (nSPS) is 11.2. The zero-order valence-corrected chi connectivity index (χ0v) is 9.73. The largest absolute Gasteiger partial charge is 0.303 e. The summed E-state index contributed by atoms with van der Waals surface area (Å²) >= 11 is 0. The topological polar surface area (TPSA) is 40.9 Å². The number of carbonyl (C=O) groups excluding carboxylic acids is 1. The van der Waals surface area contributed by atoms with Crippen LogP contribution in [0.3, 0.4) is 0 Å². The first-order valence-electron chi connectivity index (χ1n) is 5.69. The van der Waals surface area contributed by atoms with Crippen LogP contribution in [0.5, 0.6) is 0 Å². The van der Waals surface area contributed by atoms with Crippen molar-refractivity contribution in [2.24, 2.45) is 0 Å². The van der Waals surface area contributed by atoms with E-state index >= 15 is 0 Å². The van der Waals surface area contributed by atoms with Crippen LogP contribution in [0, 0.1) is 23.7 Å². The molecule has 0 aromatic heterocycles. The highest BCUT2D eigenvalue weighted by Gasteiger charge is 2.10. The molecule has 0 aliphatic carbocycles. The Morgan fingerprint density at radius 2 is 2.06 bits per heavy atom.